The van der Waals surface area contributed by atoms with Crippen LogP contribution in [0.4, 0.5) is 0 Å². The van der Waals surface area contributed by atoms with Crippen LogP contribution in [0.2, 0.25) is 0 Å². The lowest BCUT2D eigenvalue weighted by atomic mass is 10.4. The van der Waals surface area contributed by atoms with Crippen LogP contribution in [0.25, 0.3) is 0 Å². The molecule has 0 aromatic carbocycles. The van der Waals surface area contributed by atoms with E-state index < -0.39 is 0 Å². The van der Waals surface area contributed by atoms with Crippen LogP contribution in [-0.2, 0) is 20.1 Å². The van der Waals surface area contributed by atoms with Crippen LogP contribution in [0.5, 0.6) is 0 Å². The number of aryl methyl sites for hydroxylation is 2. The van der Waals surface area contributed by atoms with Crippen LogP contribution in [0.1, 0.15) is 16.4 Å². The Morgan fingerprint density at radius 1 is 1.40 bits per heavy atom. The summed E-state index contributed by atoms with van der Waals surface area (Å²) >= 11 is 1.67. The minimum atomic E-state index is 0.693. The van der Waals surface area contributed by atoms with Crippen molar-refractivity contribution in [1.82, 2.24) is 25.1 Å². The topological polar surface area (TPSA) is 55.6 Å². The fourth-order valence-corrected chi connectivity index (χ4v) is 2.00. The van der Waals surface area contributed by atoms with Crippen molar-refractivity contribution in [3.63, 3.8) is 0 Å². The van der Waals surface area contributed by atoms with Gasteiger partial charge in [0.1, 0.15) is 6.33 Å². The van der Waals surface area contributed by atoms with Gasteiger partial charge in [-0.25, -0.2) is 9.97 Å². The van der Waals surface area contributed by atoms with Crippen molar-refractivity contribution in [2.24, 2.45) is 7.05 Å². The van der Waals surface area contributed by atoms with E-state index >= 15 is 0 Å². The normalized spacial score (nSPS) is 10.8. The molecule has 0 saturated heterocycles. The van der Waals surface area contributed by atoms with Crippen LogP contribution in [0, 0.1) is 6.92 Å². The first-order valence-electron chi connectivity index (χ1n) is 4.70. The Hall–Kier alpha value is -1.27. The SMILES string of the molecule is Cc1ncsc1CNCc1ncn(C)n1. The van der Waals surface area contributed by atoms with E-state index in [0.717, 1.165) is 18.1 Å². The van der Waals surface area contributed by atoms with Gasteiger partial charge in [-0.1, -0.05) is 0 Å². The smallest absolute Gasteiger partial charge is 0.164 e. The number of nitrogens with zero attached hydrogens (tertiary/aromatic N) is 4. The lowest BCUT2D eigenvalue weighted by Gasteiger charge is -1.99. The molecule has 0 bridgehead atoms. The van der Waals surface area contributed by atoms with Gasteiger partial charge in [0.15, 0.2) is 5.82 Å². The van der Waals surface area contributed by atoms with Gasteiger partial charge in [-0.3, -0.25) is 4.68 Å². The summed E-state index contributed by atoms with van der Waals surface area (Å²) in [6.45, 7) is 3.54. The maximum atomic E-state index is 4.19. The Balaban J connectivity index is 1.83. The monoisotopic (exact) mass is 223 g/mol. The second-order valence-electron chi connectivity index (χ2n) is 3.30. The number of hydrogen-bond donors (Lipinski definition) is 1. The van der Waals surface area contributed by atoms with E-state index in [-0.39, 0.29) is 0 Å². The van der Waals surface area contributed by atoms with Crippen LogP contribution in [-0.4, -0.2) is 19.7 Å². The molecular weight excluding hydrogens is 210 g/mol. The Morgan fingerprint density at radius 3 is 2.87 bits per heavy atom. The number of nitrogens with one attached hydrogen (secondary N) is 1. The molecule has 80 valence electrons. The lowest BCUT2D eigenvalue weighted by molar-refractivity contribution is 0.651. The molecule has 1 N–H and O–H groups in total. The molecule has 0 aliphatic heterocycles. The zero-order valence-corrected chi connectivity index (χ0v) is 9.58. The van der Waals surface area contributed by atoms with E-state index in [1.54, 1.807) is 22.3 Å². The van der Waals surface area contributed by atoms with Gasteiger partial charge in [-0.05, 0) is 6.92 Å². The molecule has 15 heavy (non-hydrogen) atoms. The number of aromatic nitrogens is 4. The molecule has 0 saturated carbocycles. The molecule has 0 unspecified atom stereocenters. The molecule has 0 spiro atoms. The highest BCUT2D eigenvalue weighted by Gasteiger charge is 2.02. The summed E-state index contributed by atoms with van der Waals surface area (Å²) in [5.41, 5.74) is 2.97. The first kappa shape index (κ1) is 10.3. The predicted molar refractivity (Wildman–Crippen MR) is 58.4 cm³/mol. The number of rotatable bonds is 4. The van der Waals surface area contributed by atoms with Crippen molar-refractivity contribution < 1.29 is 0 Å². The summed E-state index contributed by atoms with van der Waals surface area (Å²) < 4.78 is 1.70. The van der Waals surface area contributed by atoms with Crippen molar-refractivity contribution in [2.75, 3.05) is 0 Å². The molecule has 0 aliphatic carbocycles. The highest BCUT2D eigenvalue weighted by Crippen LogP contribution is 2.11. The van der Waals surface area contributed by atoms with Crippen LogP contribution >= 0.6 is 11.3 Å². The molecule has 0 aliphatic rings. The van der Waals surface area contributed by atoms with Gasteiger partial charge in [0, 0.05) is 18.5 Å². The first-order valence-corrected chi connectivity index (χ1v) is 5.58. The average molecular weight is 223 g/mol. The Kier molecular flexibility index (Phi) is 3.08. The molecule has 2 heterocycles. The molecule has 5 nitrogen and oxygen atoms in total. The van der Waals surface area contributed by atoms with Crippen LogP contribution in [0.15, 0.2) is 11.8 Å². The lowest BCUT2D eigenvalue weighted by Crippen LogP contribution is -2.13. The molecule has 2 aromatic heterocycles. The predicted octanol–water partition coefficient (Wildman–Crippen LogP) is 0.870. The highest BCUT2D eigenvalue weighted by molar-refractivity contribution is 7.09. The highest BCUT2D eigenvalue weighted by atomic mass is 32.1. The van der Waals surface area contributed by atoms with Crippen molar-refractivity contribution in [2.45, 2.75) is 20.0 Å². The van der Waals surface area contributed by atoms with Gasteiger partial charge in [0.05, 0.1) is 17.7 Å². The summed E-state index contributed by atoms with van der Waals surface area (Å²) in [6.07, 6.45) is 1.70. The fourth-order valence-electron chi connectivity index (χ4n) is 1.25. The second-order valence-corrected chi connectivity index (χ2v) is 4.24. The van der Waals surface area contributed by atoms with E-state index in [2.05, 4.69) is 20.4 Å². The minimum Gasteiger partial charge on any atom is -0.305 e. The Labute approximate surface area is 92.2 Å². The standard InChI is InChI=1S/C9H13N5S/c1-7-8(15-6-12-7)3-10-4-9-11-5-14(2)13-9/h5-6,10H,3-4H2,1-2H3. The summed E-state index contributed by atoms with van der Waals surface area (Å²) in [6, 6.07) is 0. The molecular formula is C9H13N5S. The van der Waals surface area contributed by atoms with E-state index in [1.165, 1.54) is 4.88 Å². The molecule has 0 atom stereocenters. The third-order valence-corrected chi connectivity index (χ3v) is 3.00. The van der Waals surface area contributed by atoms with E-state index in [0.29, 0.717) is 6.54 Å². The fraction of sp³-hybridized carbons (Fsp3) is 0.444. The maximum absolute atomic E-state index is 4.19. The van der Waals surface area contributed by atoms with E-state index in [9.17, 15) is 0 Å². The third-order valence-electron chi connectivity index (χ3n) is 2.06. The average Bonchev–Trinajstić information content (AvgIpc) is 2.77. The Bertz CT molecular complexity index is 433. The van der Waals surface area contributed by atoms with Gasteiger partial charge in [0.2, 0.25) is 0 Å². The summed E-state index contributed by atoms with van der Waals surface area (Å²) in [5, 5.41) is 7.47. The third kappa shape index (κ3) is 2.60. The number of thiazole rings is 1. The molecule has 2 rings (SSSR count). The van der Waals surface area contributed by atoms with Crippen molar-refractivity contribution in [1.29, 1.82) is 0 Å². The van der Waals surface area contributed by atoms with Crippen molar-refractivity contribution >= 4 is 11.3 Å². The minimum absolute atomic E-state index is 0.693. The molecule has 6 heteroatoms. The molecule has 0 fully saturated rings. The zero-order valence-electron chi connectivity index (χ0n) is 8.77. The van der Waals surface area contributed by atoms with Crippen LogP contribution in [0.3, 0.4) is 0 Å². The van der Waals surface area contributed by atoms with Crippen LogP contribution < -0.4 is 5.32 Å². The van der Waals surface area contributed by atoms with Gasteiger partial charge >= 0.3 is 0 Å². The largest absolute Gasteiger partial charge is 0.305 e. The Morgan fingerprint density at radius 2 is 2.27 bits per heavy atom. The summed E-state index contributed by atoms with van der Waals surface area (Å²) in [5.74, 6) is 0.819. The first-order chi connectivity index (χ1) is 7.25. The summed E-state index contributed by atoms with van der Waals surface area (Å²) in [4.78, 5) is 9.59. The van der Waals surface area contributed by atoms with E-state index in [1.807, 2.05) is 19.5 Å². The van der Waals surface area contributed by atoms with Gasteiger partial charge in [-0.2, -0.15) is 5.10 Å². The van der Waals surface area contributed by atoms with Gasteiger partial charge in [-0.15, -0.1) is 11.3 Å². The van der Waals surface area contributed by atoms with Crippen molar-refractivity contribution in [3.05, 3.63) is 28.2 Å². The van der Waals surface area contributed by atoms with Gasteiger partial charge in [0.25, 0.3) is 0 Å². The van der Waals surface area contributed by atoms with Gasteiger partial charge < -0.3 is 5.32 Å². The molecule has 2 aromatic rings. The molecule has 0 radical (unpaired) electrons. The zero-order chi connectivity index (χ0) is 10.7. The van der Waals surface area contributed by atoms with Crippen molar-refractivity contribution in [3.8, 4) is 0 Å². The number of hydrogen-bond acceptors (Lipinski definition) is 5. The molecule has 0 amide bonds. The quantitative estimate of drug-likeness (QED) is 0.835. The van der Waals surface area contributed by atoms with E-state index in [4.69, 9.17) is 0 Å². The maximum Gasteiger partial charge on any atom is 0.164 e. The summed E-state index contributed by atoms with van der Waals surface area (Å²) in [7, 11) is 1.86. The second kappa shape index (κ2) is 4.50.